The Bertz CT molecular complexity index is 847. The SMILES string of the molecule is CCc1nncn1CCNC(=NCCc1cccs1)NCCOc1ccccc1. The summed E-state index contributed by atoms with van der Waals surface area (Å²) in [5, 5.41) is 17.0. The fourth-order valence-electron chi connectivity index (χ4n) is 2.80. The molecule has 7 nitrogen and oxygen atoms in total. The molecule has 0 fully saturated rings. The Morgan fingerprint density at radius 2 is 2.00 bits per heavy atom. The number of benzene rings is 1. The van der Waals surface area contributed by atoms with Gasteiger partial charge in [0.05, 0.1) is 6.54 Å². The summed E-state index contributed by atoms with van der Waals surface area (Å²) in [6.45, 7) is 5.60. The lowest BCUT2D eigenvalue weighted by atomic mass is 10.3. The van der Waals surface area contributed by atoms with Gasteiger partial charge in [0.15, 0.2) is 5.96 Å². The summed E-state index contributed by atoms with van der Waals surface area (Å²) in [7, 11) is 0. The number of guanidine groups is 1. The van der Waals surface area contributed by atoms with E-state index in [4.69, 9.17) is 9.73 Å². The lowest BCUT2D eigenvalue weighted by molar-refractivity contribution is 0.322. The van der Waals surface area contributed by atoms with E-state index in [1.165, 1.54) is 4.88 Å². The van der Waals surface area contributed by atoms with Crippen molar-refractivity contribution in [3.05, 3.63) is 64.9 Å². The summed E-state index contributed by atoms with van der Waals surface area (Å²) >= 11 is 1.77. The van der Waals surface area contributed by atoms with Gasteiger partial charge in [-0.1, -0.05) is 31.2 Å². The van der Waals surface area contributed by atoms with Gasteiger partial charge < -0.3 is 19.9 Å². The number of para-hydroxylation sites is 1. The van der Waals surface area contributed by atoms with Crippen LogP contribution < -0.4 is 15.4 Å². The van der Waals surface area contributed by atoms with Crippen molar-refractivity contribution in [3.63, 3.8) is 0 Å². The minimum Gasteiger partial charge on any atom is -0.492 e. The zero-order valence-electron chi connectivity index (χ0n) is 16.8. The van der Waals surface area contributed by atoms with Gasteiger partial charge in [-0.3, -0.25) is 4.99 Å². The van der Waals surface area contributed by atoms with Crippen LogP contribution in [0.5, 0.6) is 5.75 Å². The number of nitrogens with one attached hydrogen (secondary N) is 2. The predicted octanol–water partition coefficient (Wildman–Crippen LogP) is 2.76. The van der Waals surface area contributed by atoms with Crippen molar-refractivity contribution in [2.24, 2.45) is 4.99 Å². The van der Waals surface area contributed by atoms with Gasteiger partial charge in [-0.25, -0.2) is 0 Å². The molecule has 0 aliphatic carbocycles. The Labute approximate surface area is 175 Å². The van der Waals surface area contributed by atoms with E-state index in [-0.39, 0.29) is 0 Å². The third-order valence-corrected chi connectivity index (χ3v) is 5.21. The van der Waals surface area contributed by atoms with Crippen molar-refractivity contribution in [2.45, 2.75) is 26.3 Å². The Kier molecular flexibility index (Phi) is 8.53. The first-order chi connectivity index (χ1) is 14.3. The zero-order chi connectivity index (χ0) is 20.2. The van der Waals surface area contributed by atoms with Crippen LogP contribution >= 0.6 is 11.3 Å². The molecule has 3 aromatic rings. The largest absolute Gasteiger partial charge is 0.492 e. The number of hydrogen-bond acceptors (Lipinski definition) is 5. The number of nitrogens with zero attached hydrogens (tertiary/aromatic N) is 4. The molecule has 0 atom stereocenters. The summed E-state index contributed by atoms with van der Waals surface area (Å²) < 4.78 is 7.81. The van der Waals surface area contributed by atoms with E-state index >= 15 is 0 Å². The molecule has 0 radical (unpaired) electrons. The highest BCUT2D eigenvalue weighted by atomic mass is 32.1. The van der Waals surface area contributed by atoms with Crippen LogP contribution in [0, 0.1) is 0 Å². The minimum atomic E-state index is 0.570. The maximum atomic E-state index is 5.75. The lowest BCUT2D eigenvalue weighted by Gasteiger charge is -2.14. The van der Waals surface area contributed by atoms with Crippen LogP contribution in [0.2, 0.25) is 0 Å². The number of ether oxygens (including phenoxy) is 1. The minimum absolute atomic E-state index is 0.570. The van der Waals surface area contributed by atoms with Crippen molar-refractivity contribution in [3.8, 4) is 5.75 Å². The van der Waals surface area contributed by atoms with E-state index in [0.29, 0.717) is 13.2 Å². The van der Waals surface area contributed by atoms with Crippen LogP contribution in [0.4, 0.5) is 0 Å². The van der Waals surface area contributed by atoms with Gasteiger partial charge in [0, 0.05) is 37.4 Å². The molecule has 0 aliphatic heterocycles. The third-order valence-electron chi connectivity index (χ3n) is 4.27. The first-order valence-electron chi connectivity index (χ1n) is 9.94. The topological polar surface area (TPSA) is 76.4 Å². The number of aromatic nitrogens is 3. The average molecular weight is 413 g/mol. The van der Waals surface area contributed by atoms with Crippen LogP contribution in [-0.4, -0.2) is 47.0 Å². The molecule has 0 saturated carbocycles. The van der Waals surface area contributed by atoms with Crippen molar-refractivity contribution >= 4 is 17.3 Å². The summed E-state index contributed by atoms with van der Waals surface area (Å²) in [6, 6.07) is 14.1. The lowest BCUT2D eigenvalue weighted by Crippen LogP contribution is -2.41. The Morgan fingerprint density at radius 1 is 1.14 bits per heavy atom. The second-order valence-electron chi connectivity index (χ2n) is 6.37. The molecule has 2 aromatic heterocycles. The fourth-order valence-corrected chi connectivity index (χ4v) is 3.49. The fraction of sp³-hybridized carbons (Fsp3) is 0.381. The molecule has 2 N–H and O–H groups in total. The van der Waals surface area contributed by atoms with Crippen LogP contribution in [0.3, 0.4) is 0 Å². The maximum Gasteiger partial charge on any atom is 0.191 e. The number of aliphatic imine (C=N–C) groups is 1. The highest BCUT2D eigenvalue weighted by Gasteiger charge is 2.03. The molecular weight excluding hydrogens is 384 g/mol. The van der Waals surface area contributed by atoms with E-state index in [2.05, 4.69) is 49.8 Å². The van der Waals surface area contributed by atoms with Crippen LogP contribution in [0.25, 0.3) is 0 Å². The molecular formula is C21H28N6OS. The highest BCUT2D eigenvalue weighted by Crippen LogP contribution is 2.09. The standard InChI is InChI=1S/C21H28N6OS/c1-2-20-26-25-17-27(20)14-12-23-21(22-11-10-19-9-6-16-29-19)24-13-15-28-18-7-4-3-5-8-18/h3-9,16-17H,2,10-15H2,1H3,(H2,22,23,24). The highest BCUT2D eigenvalue weighted by molar-refractivity contribution is 7.09. The number of aryl methyl sites for hydroxylation is 1. The maximum absolute atomic E-state index is 5.75. The summed E-state index contributed by atoms with van der Waals surface area (Å²) in [4.78, 5) is 6.05. The molecule has 0 bridgehead atoms. The van der Waals surface area contributed by atoms with E-state index in [0.717, 1.165) is 50.0 Å². The van der Waals surface area contributed by atoms with E-state index < -0.39 is 0 Å². The van der Waals surface area contributed by atoms with Crippen LogP contribution in [-0.2, 0) is 19.4 Å². The second kappa shape index (κ2) is 11.9. The van der Waals surface area contributed by atoms with Gasteiger partial charge in [-0.05, 0) is 23.6 Å². The van der Waals surface area contributed by atoms with E-state index in [9.17, 15) is 0 Å². The smallest absolute Gasteiger partial charge is 0.191 e. The van der Waals surface area contributed by atoms with Crippen molar-refractivity contribution in [2.75, 3.05) is 26.2 Å². The van der Waals surface area contributed by atoms with Crippen LogP contribution in [0.15, 0.2) is 59.2 Å². The Morgan fingerprint density at radius 3 is 2.79 bits per heavy atom. The molecule has 154 valence electrons. The molecule has 8 heteroatoms. The second-order valence-corrected chi connectivity index (χ2v) is 7.40. The summed E-state index contributed by atoms with van der Waals surface area (Å²) in [5.74, 6) is 2.66. The first-order valence-corrected chi connectivity index (χ1v) is 10.8. The number of hydrogen-bond donors (Lipinski definition) is 2. The zero-order valence-corrected chi connectivity index (χ0v) is 17.6. The molecule has 0 amide bonds. The van der Waals surface area contributed by atoms with Crippen molar-refractivity contribution in [1.29, 1.82) is 0 Å². The van der Waals surface area contributed by atoms with Gasteiger partial charge in [0.1, 0.15) is 24.5 Å². The van der Waals surface area contributed by atoms with Gasteiger partial charge in [0.2, 0.25) is 0 Å². The quantitative estimate of drug-likeness (QED) is 0.288. The summed E-state index contributed by atoms with van der Waals surface area (Å²) in [5.41, 5.74) is 0. The Balaban J connectivity index is 1.46. The van der Waals surface area contributed by atoms with Crippen molar-refractivity contribution < 1.29 is 4.74 Å². The third kappa shape index (κ3) is 7.23. The van der Waals surface area contributed by atoms with Gasteiger partial charge in [0.25, 0.3) is 0 Å². The molecule has 0 saturated heterocycles. The number of rotatable bonds is 11. The molecule has 0 unspecified atom stereocenters. The normalized spacial score (nSPS) is 11.4. The molecule has 3 rings (SSSR count). The van der Waals surface area contributed by atoms with E-state index in [1.807, 2.05) is 30.3 Å². The predicted molar refractivity (Wildman–Crippen MR) is 118 cm³/mol. The summed E-state index contributed by atoms with van der Waals surface area (Å²) in [6.07, 6.45) is 3.59. The van der Waals surface area contributed by atoms with E-state index in [1.54, 1.807) is 17.7 Å². The molecule has 2 heterocycles. The average Bonchev–Trinajstić information content (AvgIpc) is 3.43. The molecule has 0 spiro atoms. The first kappa shape index (κ1) is 20.9. The number of thiophene rings is 1. The Hall–Kier alpha value is -2.87. The monoisotopic (exact) mass is 412 g/mol. The van der Waals surface area contributed by atoms with Crippen molar-refractivity contribution in [1.82, 2.24) is 25.4 Å². The molecule has 0 aliphatic rings. The van der Waals surface area contributed by atoms with Gasteiger partial charge in [-0.15, -0.1) is 21.5 Å². The van der Waals surface area contributed by atoms with Gasteiger partial charge >= 0.3 is 0 Å². The van der Waals surface area contributed by atoms with Crippen LogP contribution in [0.1, 0.15) is 17.6 Å². The van der Waals surface area contributed by atoms with Gasteiger partial charge in [-0.2, -0.15) is 0 Å². The molecule has 29 heavy (non-hydrogen) atoms. The molecule has 1 aromatic carbocycles.